The highest BCUT2D eigenvalue weighted by Gasteiger charge is 2.55. The van der Waals surface area contributed by atoms with Crippen molar-refractivity contribution in [2.45, 2.75) is 51.7 Å². The fraction of sp³-hybridized carbons (Fsp3) is 0.923. The summed E-state index contributed by atoms with van der Waals surface area (Å²) in [5.41, 5.74) is 2.41. The number of alkyl halides is 3. The Balaban J connectivity index is 2.74. The zero-order valence-electron chi connectivity index (χ0n) is 11.8. The first kappa shape index (κ1) is 16.3. The minimum absolute atomic E-state index is 0.366. The summed E-state index contributed by atoms with van der Waals surface area (Å²) in [6.07, 6.45) is -2.28. The van der Waals surface area contributed by atoms with E-state index in [2.05, 4.69) is 13.8 Å². The van der Waals surface area contributed by atoms with Crippen molar-refractivity contribution in [3.63, 3.8) is 0 Å². The van der Waals surface area contributed by atoms with Gasteiger partial charge in [0.1, 0.15) is 0 Å². The standard InChI is InChI=1S/C13H23F3N2O/c1-9(2)10-5-4-7-18(8-6-10)11(19)12(3,17)13(14,15)16/h9-10H,4-8,17H2,1-3H3. The van der Waals surface area contributed by atoms with Crippen LogP contribution in [0.25, 0.3) is 0 Å². The van der Waals surface area contributed by atoms with Gasteiger partial charge in [-0.25, -0.2) is 0 Å². The summed E-state index contributed by atoms with van der Waals surface area (Å²) in [6, 6.07) is 0. The molecule has 1 rings (SSSR count). The Bertz CT molecular complexity index is 326. The lowest BCUT2D eigenvalue weighted by Gasteiger charge is -2.32. The van der Waals surface area contributed by atoms with E-state index in [0.29, 0.717) is 24.9 Å². The molecule has 1 amide bonds. The first-order chi connectivity index (χ1) is 8.57. The molecule has 1 saturated heterocycles. The Morgan fingerprint density at radius 3 is 2.32 bits per heavy atom. The third-order valence-corrected chi connectivity index (χ3v) is 4.04. The second kappa shape index (κ2) is 5.69. The summed E-state index contributed by atoms with van der Waals surface area (Å²) >= 11 is 0. The number of nitrogens with zero attached hydrogens (tertiary/aromatic N) is 1. The lowest BCUT2D eigenvalue weighted by atomic mass is 9.89. The zero-order chi connectivity index (χ0) is 14.8. The molecule has 0 aromatic carbocycles. The molecule has 0 aromatic heterocycles. The van der Waals surface area contributed by atoms with E-state index in [1.807, 2.05) is 0 Å². The van der Waals surface area contributed by atoms with Crippen LogP contribution in [-0.4, -0.2) is 35.6 Å². The molecular weight excluding hydrogens is 257 g/mol. The van der Waals surface area contributed by atoms with Crippen molar-refractivity contribution >= 4 is 5.91 Å². The highest BCUT2D eigenvalue weighted by atomic mass is 19.4. The molecule has 1 heterocycles. The minimum Gasteiger partial charge on any atom is -0.341 e. The van der Waals surface area contributed by atoms with E-state index in [0.717, 1.165) is 26.2 Å². The molecule has 0 saturated carbocycles. The van der Waals surface area contributed by atoms with Gasteiger partial charge in [-0.3, -0.25) is 4.79 Å². The number of halogens is 3. The molecule has 0 bridgehead atoms. The molecule has 2 atom stereocenters. The van der Waals surface area contributed by atoms with Crippen LogP contribution < -0.4 is 5.73 Å². The van der Waals surface area contributed by atoms with Gasteiger partial charge in [0.15, 0.2) is 5.54 Å². The predicted molar refractivity (Wildman–Crippen MR) is 67.4 cm³/mol. The molecule has 1 fully saturated rings. The third-order valence-electron chi connectivity index (χ3n) is 4.04. The normalized spacial score (nSPS) is 25.1. The van der Waals surface area contributed by atoms with Crippen LogP contribution in [0.4, 0.5) is 13.2 Å². The first-order valence-corrected chi connectivity index (χ1v) is 6.72. The minimum atomic E-state index is -4.71. The van der Waals surface area contributed by atoms with Gasteiger partial charge >= 0.3 is 6.18 Å². The van der Waals surface area contributed by atoms with Crippen LogP contribution in [0.5, 0.6) is 0 Å². The molecule has 6 heteroatoms. The zero-order valence-corrected chi connectivity index (χ0v) is 11.8. The molecule has 0 aliphatic carbocycles. The van der Waals surface area contributed by atoms with Crippen molar-refractivity contribution in [2.24, 2.45) is 17.6 Å². The van der Waals surface area contributed by atoms with Crippen molar-refractivity contribution in [3.8, 4) is 0 Å². The van der Waals surface area contributed by atoms with Crippen LogP contribution in [0.1, 0.15) is 40.0 Å². The highest BCUT2D eigenvalue weighted by molar-refractivity contribution is 5.86. The molecule has 1 aliphatic heterocycles. The number of hydrogen-bond acceptors (Lipinski definition) is 2. The Morgan fingerprint density at radius 2 is 1.84 bits per heavy atom. The largest absolute Gasteiger partial charge is 0.415 e. The highest BCUT2D eigenvalue weighted by Crippen LogP contribution is 2.31. The van der Waals surface area contributed by atoms with Gasteiger partial charge in [-0.2, -0.15) is 13.2 Å². The van der Waals surface area contributed by atoms with Gasteiger partial charge in [0.2, 0.25) is 0 Å². The van der Waals surface area contributed by atoms with Crippen LogP contribution >= 0.6 is 0 Å². The van der Waals surface area contributed by atoms with Crippen molar-refractivity contribution in [3.05, 3.63) is 0 Å². The monoisotopic (exact) mass is 280 g/mol. The fourth-order valence-corrected chi connectivity index (χ4v) is 2.44. The molecule has 0 aromatic rings. The van der Waals surface area contributed by atoms with Crippen LogP contribution in [0.2, 0.25) is 0 Å². The van der Waals surface area contributed by atoms with Crippen molar-refractivity contribution in [1.29, 1.82) is 0 Å². The average molecular weight is 280 g/mol. The first-order valence-electron chi connectivity index (χ1n) is 6.72. The molecular formula is C13H23F3N2O. The topological polar surface area (TPSA) is 46.3 Å². The van der Waals surface area contributed by atoms with Crippen LogP contribution in [0, 0.1) is 11.8 Å². The van der Waals surface area contributed by atoms with Gasteiger partial charge in [0, 0.05) is 13.1 Å². The summed E-state index contributed by atoms with van der Waals surface area (Å²) in [5.74, 6) is -0.0564. The van der Waals surface area contributed by atoms with Crippen LogP contribution in [-0.2, 0) is 4.79 Å². The van der Waals surface area contributed by atoms with Crippen LogP contribution in [0.3, 0.4) is 0 Å². The Hall–Kier alpha value is -0.780. The number of rotatable bonds is 2. The lowest BCUT2D eigenvalue weighted by Crippen LogP contribution is -2.62. The summed E-state index contributed by atoms with van der Waals surface area (Å²) in [5, 5.41) is 0. The maximum Gasteiger partial charge on any atom is 0.415 e. The van der Waals surface area contributed by atoms with Gasteiger partial charge < -0.3 is 10.6 Å². The van der Waals surface area contributed by atoms with Crippen molar-refractivity contribution < 1.29 is 18.0 Å². The summed E-state index contributed by atoms with van der Waals surface area (Å²) in [7, 11) is 0. The number of likely N-dealkylation sites (tertiary alicyclic amines) is 1. The van der Waals surface area contributed by atoms with Gasteiger partial charge in [0.25, 0.3) is 5.91 Å². The molecule has 2 N–H and O–H groups in total. The number of amides is 1. The molecule has 3 nitrogen and oxygen atoms in total. The Morgan fingerprint density at radius 1 is 1.26 bits per heavy atom. The van der Waals surface area contributed by atoms with E-state index in [1.165, 1.54) is 4.90 Å². The van der Waals surface area contributed by atoms with Gasteiger partial charge in [-0.1, -0.05) is 13.8 Å². The Kier molecular flexibility index (Phi) is 4.87. The van der Waals surface area contributed by atoms with Crippen LogP contribution in [0.15, 0.2) is 0 Å². The van der Waals surface area contributed by atoms with E-state index >= 15 is 0 Å². The Labute approximate surface area is 112 Å². The van der Waals surface area contributed by atoms with E-state index in [-0.39, 0.29) is 0 Å². The summed E-state index contributed by atoms with van der Waals surface area (Å²) in [6.45, 7) is 5.69. The van der Waals surface area contributed by atoms with E-state index in [9.17, 15) is 18.0 Å². The summed E-state index contributed by atoms with van der Waals surface area (Å²) in [4.78, 5) is 13.3. The molecule has 1 aliphatic rings. The second-order valence-electron chi connectivity index (χ2n) is 5.93. The predicted octanol–water partition coefficient (Wildman–Crippen LogP) is 2.55. The van der Waals surface area contributed by atoms with Gasteiger partial charge in [0.05, 0.1) is 0 Å². The average Bonchev–Trinajstić information content (AvgIpc) is 2.51. The number of nitrogens with two attached hydrogens (primary N) is 1. The number of carbonyl (C=O) groups is 1. The van der Waals surface area contributed by atoms with Gasteiger partial charge in [-0.15, -0.1) is 0 Å². The van der Waals surface area contributed by atoms with Gasteiger partial charge in [-0.05, 0) is 38.0 Å². The summed E-state index contributed by atoms with van der Waals surface area (Å²) < 4.78 is 38.3. The molecule has 2 unspecified atom stereocenters. The fourth-order valence-electron chi connectivity index (χ4n) is 2.44. The molecule has 0 radical (unpaired) electrons. The second-order valence-corrected chi connectivity index (χ2v) is 5.93. The molecule has 0 spiro atoms. The molecule has 19 heavy (non-hydrogen) atoms. The van der Waals surface area contributed by atoms with Crippen molar-refractivity contribution in [2.75, 3.05) is 13.1 Å². The smallest absolute Gasteiger partial charge is 0.341 e. The lowest BCUT2D eigenvalue weighted by molar-refractivity contribution is -0.193. The third kappa shape index (κ3) is 3.61. The van der Waals surface area contributed by atoms with E-state index in [4.69, 9.17) is 5.73 Å². The molecule has 112 valence electrons. The number of hydrogen-bond donors (Lipinski definition) is 1. The number of carbonyl (C=O) groups excluding carboxylic acids is 1. The maximum atomic E-state index is 12.8. The SMILES string of the molecule is CC(C)C1CCCN(C(=O)C(C)(N)C(F)(F)F)CC1. The van der Waals surface area contributed by atoms with E-state index in [1.54, 1.807) is 0 Å². The maximum absolute atomic E-state index is 12.8. The van der Waals surface area contributed by atoms with Crippen molar-refractivity contribution in [1.82, 2.24) is 4.90 Å². The van der Waals surface area contributed by atoms with E-state index < -0.39 is 17.6 Å². The quantitative estimate of drug-likeness (QED) is 0.845.